The van der Waals surface area contributed by atoms with Crippen LogP contribution in [-0.4, -0.2) is 15.8 Å². The third kappa shape index (κ3) is 5.24. The van der Waals surface area contributed by atoms with Crippen LogP contribution in [0, 0.1) is 0 Å². The predicted molar refractivity (Wildman–Crippen MR) is 102 cm³/mol. The molecule has 0 amide bonds. The van der Waals surface area contributed by atoms with Crippen molar-refractivity contribution in [2.75, 3.05) is 0 Å². The molecular weight excluding hydrogens is 296 g/mol. The highest BCUT2D eigenvalue weighted by Crippen LogP contribution is 2.31. The number of phenols is 1. The second kappa shape index (κ2) is 8.16. The van der Waals surface area contributed by atoms with Crippen molar-refractivity contribution in [2.24, 2.45) is 0 Å². The summed E-state index contributed by atoms with van der Waals surface area (Å²) in [5, 5.41) is 19.7. The van der Waals surface area contributed by atoms with Crippen LogP contribution < -0.4 is 0 Å². The molecule has 0 saturated carbocycles. The zero-order chi connectivity index (χ0) is 17.6. The van der Waals surface area contributed by atoms with Crippen LogP contribution in [0.4, 0.5) is 0 Å². The van der Waals surface area contributed by atoms with Crippen molar-refractivity contribution in [3.8, 4) is 16.9 Å². The van der Waals surface area contributed by atoms with E-state index in [1.807, 2.05) is 26.0 Å². The average molecular weight is 324 g/mol. The van der Waals surface area contributed by atoms with Crippen LogP contribution >= 0.6 is 0 Å². The molecule has 0 bridgehead atoms. The lowest BCUT2D eigenvalue weighted by Crippen LogP contribution is -2.17. The van der Waals surface area contributed by atoms with Gasteiger partial charge in [-0.1, -0.05) is 61.9 Å². The molecule has 2 aromatic carbocycles. The van der Waals surface area contributed by atoms with Crippen molar-refractivity contribution in [2.45, 2.75) is 51.6 Å². The molecule has 0 unspecified atom stereocenters. The SMILES string of the molecule is C=Cc1c(O)cccc1-c1ccc(CCCCCC(C)(C)O)cc1. The highest BCUT2D eigenvalue weighted by Gasteiger charge is 2.11. The fourth-order valence-electron chi connectivity index (χ4n) is 2.93. The van der Waals surface area contributed by atoms with Crippen LogP contribution in [0.25, 0.3) is 17.2 Å². The van der Waals surface area contributed by atoms with Crippen molar-refractivity contribution >= 4 is 6.08 Å². The molecule has 0 aliphatic carbocycles. The van der Waals surface area contributed by atoms with Gasteiger partial charge in [0.1, 0.15) is 5.75 Å². The van der Waals surface area contributed by atoms with Gasteiger partial charge in [0.2, 0.25) is 0 Å². The van der Waals surface area contributed by atoms with Crippen molar-refractivity contribution in [3.63, 3.8) is 0 Å². The summed E-state index contributed by atoms with van der Waals surface area (Å²) in [6, 6.07) is 14.1. The van der Waals surface area contributed by atoms with E-state index in [9.17, 15) is 10.2 Å². The Morgan fingerprint density at radius 3 is 2.33 bits per heavy atom. The molecule has 2 aromatic rings. The van der Waals surface area contributed by atoms with Crippen molar-refractivity contribution in [3.05, 3.63) is 60.2 Å². The van der Waals surface area contributed by atoms with Gasteiger partial charge in [0.15, 0.2) is 0 Å². The number of aliphatic hydroxyl groups is 1. The van der Waals surface area contributed by atoms with E-state index >= 15 is 0 Å². The molecule has 2 rings (SSSR count). The van der Waals surface area contributed by atoms with Gasteiger partial charge in [0, 0.05) is 5.56 Å². The van der Waals surface area contributed by atoms with Gasteiger partial charge in [0.25, 0.3) is 0 Å². The standard InChI is InChI=1S/C22H28O2/c1-4-19-20(10-8-11-21(19)23)18-14-12-17(13-15-18)9-6-5-7-16-22(2,3)24/h4,8,10-15,23-24H,1,5-7,9,16H2,2-3H3. The Morgan fingerprint density at radius 2 is 1.71 bits per heavy atom. The minimum absolute atomic E-state index is 0.262. The molecule has 0 aliphatic rings. The van der Waals surface area contributed by atoms with Crippen molar-refractivity contribution in [1.29, 1.82) is 0 Å². The number of aromatic hydroxyl groups is 1. The van der Waals surface area contributed by atoms with E-state index in [2.05, 4.69) is 30.8 Å². The fraction of sp³-hybridized carbons (Fsp3) is 0.364. The molecule has 0 aliphatic heterocycles. The number of phenolic OH excluding ortho intramolecular Hbond substituents is 1. The molecule has 0 fully saturated rings. The number of hydrogen-bond acceptors (Lipinski definition) is 2. The second-order valence-electron chi connectivity index (χ2n) is 7.01. The molecule has 2 heteroatoms. The highest BCUT2D eigenvalue weighted by atomic mass is 16.3. The summed E-state index contributed by atoms with van der Waals surface area (Å²) in [4.78, 5) is 0. The molecule has 128 valence electrons. The summed E-state index contributed by atoms with van der Waals surface area (Å²) in [6.07, 6.45) is 6.95. The van der Waals surface area contributed by atoms with E-state index in [0.29, 0.717) is 0 Å². The summed E-state index contributed by atoms with van der Waals surface area (Å²) in [7, 11) is 0. The van der Waals surface area contributed by atoms with Gasteiger partial charge < -0.3 is 10.2 Å². The van der Waals surface area contributed by atoms with Crippen LogP contribution in [0.1, 0.15) is 50.7 Å². The molecule has 0 aromatic heterocycles. The Balaban J connectivity index is 1.94. The molecule has 0 heterocycles. The van der Waals surface area contributed by atoms with Crippen LogP contribution in [0.2, 0.25) is 0 Å². The number of hydrogen-bond donors (Lipinski definition) is 2. The molecule has 2 nitrogen and oxygen atoms in total. The second-order valence-corrected chi connectivity index (χ2v) is 7.01. The maximum atomic E-state index is 9.94. The summed E-state index contributed by atoms with van der Waals surface area (Å²) in [5.74, 6) is 0.262. The zero-order valence-electron chi connectivity index (χ0n) is 14.8. The Hall–Kier alpha value is -2.06. The Bertz CT molecular complexity index is 663. The quantitative estimate of drug-likeness (QED) is 0.623. The zero-order valence-corrected chi connectivity index (χ0v) is 14.8. The summed E-state index contributed by atoms with van der Waals surface area (Å²) in [5.41, 5.74) is 3.64. The lowest BCUT2D eigenvalue weighted by molar-refractivity contribution is 0.0681. The lowest BCUT2D eigenvalue weighted by Gasteiger charge is -2.16. The molecular formula is C22H28O2. The summed E-state index contributed by atoms with van der Waals surface area (Å²) < 4.78 is 0. The number of unbranched alkanes of at least 4 members (excludes halogenated alkanes) is 2. The van der Waals surface area contributed by atoms with E-state index < -0.39 is 5.60 Å². The van der Waals surface area contributed by atoms with Crippen molar-refractivity contribution < 1.29 is 10.2 Å². The topological polar surface area (TPSA) is 40.5 Å². The first-order chi connectivity index (χ1) is 11.4. The monoisotopic (exact) mass is 324 g/mol. The van der Waals surface area contributed by atoms with E-state index in [-0.39, 0.29) is 5.75 Å². The van der Waals surface area contributed by atoms with Gasteiger partial charge in [-0.15, -0.1) is 0 Å². The first kappa shape index (κ1) is 18.3. The predicted octanol–water partition coefficient (Wildman–Crippen LogP) is 5.58. The Labute approximate surface area is 145 Å². The van der Waals surface area contributed by atoms with E-state index in [4.69, 9.17) is 0 Å². The van der Waals surface area contributed by atoms with Crippen LogP contribution in [0.5, 0.6) is 5.75 Å². The lowest BCUT2D eigenvalue weighted by atomic mass is 9.96. The van der Waals surface area contributed by atoms with Gasteiger partial charge in [-0.2, -0.15) is 0 Å². The molecule has 0 saturated heterocycles. The maximum Gasteiger partial charge on any atom is 0.123 e. The third-order valence-electron chi connectivity index (χ3n) is 4.31. The van der Waals surface area contributed by atoms with Crippen LogP contribution in [0.3, 0.4) is 0 Å². The first-order valence-electron chi connectivity index (χ1n) is 8.67. The summed E-state index contributed by atoms with van der Waals surface area (Å²) in [6.45, 7) is 7.52. The molecule has 0 spiro atoms. The Morgan fingerprint density at radius 1 is 1.00 bits per heavy atom. The van der Waals surface area contributed by atoms with Gasteiger partial charge in [-0.05, 0) is 55.9 Å². The first-order valence-corrected chi connectivity index (χ1v) is 8.67. The van der Waals surface area contributed by atoms with Crippen LogP contribution in [-0.2, 0) is 6.42 Å². The number of benzene rings is 2. The number of aryl methyl sites for hydroxylation is 1. The largest absolute Gasteiger partial charge is 0.507 e. The van der Waals surface area contributed by atoms with Crippen molar-refractivity contribution in [1.82, 2.24) is 0 Å². The van der Waals surface area contributed by atoms with E-state index in [0.717, 1.165) is 48.8 Å². The molecule has 0 radical (unpaired) electrons. The average Bonchev–Trinajstić information content (AvgIpc) is 2.54. The maximum absolute atomic E-state index is 9.94. The van der Waals surface area contributed by atoms with Gasteiger partial charge in [-0.25, -0.2) is 0 Å². The number of rotatable bonds is 8. The molecule has 2 N–H and O–H groups in total. The molecule has 24 heavy (non-hydrogen) atoms. The van der Waals surface area contributed by atoms with Gasteiger partial charge in [-0.3, -0.25) is 0 Å². The van der Waals surface area contributed by atoms with Crippen LogP contribution in [0.15, 0.2) is 49.0 Å². The van der Waals surface area contributed by atoms with Gasteiger partial charge in [0.05, 0.1) is 5.60 Å². The Kier molecular flexibility index (Phi) is 6.22. The minimum atomic E-state index is -0.550. The fourth-order valence-corrected chi connectivity index (χ4v) is 2.93. The summed E-state index contributed by atoms with van der Waals surface area (Å²) >= 11 is 0. The minimum Gasteiger partial charge on any atom is -0.507 e. The highest BCUT2D eigenvalue weighted by molar-refractivity contribution is 5.78. The normalized spacial score (nSPS) is 11.5. The smallest absolute Gasteiger partial charge is 0.123 e. The van der Waals surface area contributed by atoms with E-state index in [1.165, 1.54) is 5.56 Å². The van der Waals surface area contributed by atoms with E-state index in [1.54, 1.807) is 12.1 Å². The van der Waals surface area contributed by atoms with Gasteiger partial charge >= 0.3 is 0 Å². The third-order valence-corrected chi connectivity index (χ3v) is 4.31. The molecule has 0 atom stereocenters.